The second kappa shape index (κ2) is 12.4. The Hall–Kier alpha value is -2.55. The predicted molar refractivity (Wildman–Crippen MR) is 146 cm³/mol. The molecule has 0 fully saturated rings. The van der Waals surface area contributed by atoms with Crippen LogP contribution in [0.15, 0.2) is 81.6 Å². The van der Waals surface area contributed by atoms with E-state index in [1.54, 1.807) is 24.4 Å². The second-order valence-corrected chi connectivity index (χ2v) is 10.5. The minimum atomic E-state index is -0.217. The summed E-state index contributed by atoms with van der Waals surface area (Å²) < 4.78 is 6.57. The van der Waals surface area contributed by atoms with Crippen LogP contribution in [-0.2, 0) is 11.4 Å². The first-order valence-electron chi connectivity index (χ1n) is 10.3. The van der Waals surface area contributed by atoms with E-state index in [4.69, 9.17) is 39.5 Å². The maximum atomic E-state index is 12.1. The van der Waals surface area contributed by atoms with Gasteiger partial charge in [-0.05, 0) is 54.1 Å². The highest BCUT2D eigenvalue weighted by Gasteiger charge is 2.08. The average Bonchev–Trinajstić information content (AvgIpc) is 3.33. The second-order valence-electron chi connectivity index (χ2n) is 7.15. The topological polar surface area (TPSA) is 63.6 Å². The van der Waals surface area contributed by atoms with Crippen molar-refractivity contribution in [3.63, 3.8) is 0 Å². The summed E-state index contributed by atoms with van der Waals surface area (Å²) in [6.45, 7) is 0.264. The van der Waals surface area contributed by atoms with Crippen molar-refractivity contribution in [3.8, 4) is 17.0 Å². The number of hydrazone groups is 1. The number of ether oxygens (including phenoxy) is 1. The number of amides is 1. The van der Waals surface area contributed by atoms with Gasteiger partial charge in [-0.2, -0.15) is 5.10 Å². The Kier molecular flexibility index (Phi) is 9.06. The lowest BCUT2D eigenvalue weighted by Crippen LogP contribution is -2.19. The van der Waals surface area contributed by atoms with Crippen LogP contribution in [0.25, 0.3) is 11.3 Å². The Morgan fingerprint density at radius 2 is 1.74 bits per heavy atom. The van der Waals surface area contributed by atoms with E-state index < -0.39 is 0 Å². The number of thioether (sulfide) groups is 1. The minimum Gasteiger partial charge on any atom is -0.489 e. The lowest BCUT2D eigenvalue weighted by Gasteiger charge is -2.09. The van der Waals surface area contributed by atoms with Gasteiger partial charge >= 0.3 is 0 Å². The van der Waals surface area contributed by atoms with E-state index in [2.05, 4.69) is 15.5 Å². The monoisotopic (exact) mass is 561 g/mol. The molecule has 1 N–H and O–H groups in total. The van der Waals surface area contributed by atoms with Crippen molar-refractivity contribution in [2.45, 2.75) is 10.9 Å². The van der Waals surface area contributed by atoms with Crippen molar-refractivity contribution in [1.82, 2.24) is 10.4 Å². The number of benzene rings is 3. The smallest absolute Gasteiger partial charge is 0.250 e. The summed E-state index contributed by atoms with van der Waals surface area (Å²) in [4.78, 5) is 16.7. The van der Waals surface area contributed by atoms with E-state index in [0.29, 0.717) is 20.8 Å². The fraction of sp³-hybridized carbons (Fsp3) is 0.0800. The molecule has 178 valence electrons. The summed E-state index contributed by atoms with van der Waals surface area (Å²) in [7, 11) is 0. The quantitative estimate of drug-likeness (QED) is 0.130. The van der Waals surface area contributed by atoms with E-state index in [0.717, 1.165) is 26.7 Å². The van der Waals surface area contributed by atoms with Crippen molar-refractivity contribution >= 4 is 70.0 Å². The van der Waals surface area contributed by atoms with Gasteiger partial charge in [0.25, 0.3) is 5.91 Å². The van der Waals surface area contributed by atoms with Crippen LogP contribution >= 0.6 is 57.9 Å². The first-order valence-corrected chi connectivity index (χ1v) is 13.3. The highest BCUT2D eigenvalue weighted by molar-refractivity contribution is 8.01. The number of nitrogens with zero attached hydrogens (tertiary/aromatic N) is 2. The number of hydrogen-bond donors (Lipinski definition) is 1. The van der Waals surface area contributed by atoms with E-state index in [-0.39, 0.29) is 18.3 Å². The van der Waals surface area contributed by atoms with Gasteiger partial charge in [0.2, 0.25) is 0 Å². The van der Waals surface area contributed by atoms with Gasteiger partial charge in [-0.1, -0.05) is 64.8 Å². The maximum absolute atomic E-state index is 12.1. The number of thiazole rings is 1. The Labute approximate surface area is 226 Å². The van der Waals surface area contributed by atoms with Crippen LogP contribution in [0, 0.1) is 0 Å². The molecule has 0 aliphatic rings. The van der Waals surface area contributed by atoms with Crippen LogP contribution in [0.4, 0.5) is 0 Å². The summed E-state index contributed by atoms with van der Waals surface area (Å²) in [5, 5.41) is 7.78. The summed E-state index contributed by atoms with van der Waals surface area (Å²) in [5.41, 5.74) is 5.92. The molecular weight excluding hydrogens is 545 g/mol. The molecule has 1 heterocycles. The fourth-order valence-corrected chi connectivity index (χ4v) is 5.15. The Balaban J connectivity index is 1.22. The Bertz CT molecular complexity index is 1310. The molecule has 0 radical (unpaired) electrons. The molecule has 35 heavy (non-hydrogen) atoms. The highest BCUT2D eigenvalue weighted by Crippen LogP contribution is 2.29. The molecule has 0 aliphatic heterocycles. The molecule has 0 saturated heterocycles. The number of carbonyl (C=O) groups is 1. The number of nitrogens with one attached hydrogen (secondary N) is 1. The van der Waals surface area contributed by atoms with E-state index in [9.17, 15) is 4.79 Å². The number of carbonyl (C=O) groups excluding carboxylic acids is 1. The Morgan fingerprint density at radius 3 is 2.46 bits per heavy atom. The highest BCUT2D eigenvalue weighted by atomic mass is 35.5. The normalized spacial score (nSPS) is 11.1. The van der Waals surface area contributed by atoms with Gasteiger partial charge in [0.1, 0.15) is 12.4 Å². The SMILES string of the molecule is O=C(CSc1nc(-c2ccc(Cl)cc2)cs1)N/N=C/c1ccc(OCc2c(Cl)cccc2Cl)cc1. The zero-order valence-electron chi connectivity index (χ0n) is 18.1. The molecule has 10 heteroatoms. The molecule has 0 bridgehead atoms. The first-order chi connectivity index (χ1) is 17.0. The third-order valence-corrected chi connectivity index (χ3v) is 7.66. The van der Waals surface area contributed by atoms with Crippen LogP contribution in [-0.4, -0.2) is 22.9 Å². The van der Waals surface area contributed by atoms with Crippen LogP contribution in [0.5, 0.6) is 5.75 Å². The van der Waals surface area contributed by atoms with Gasteiger partial charge < -0.3 is 4.74 Å². The minimum absolute atomic E-state index is 0.211. The third kappa shape index (κ3) is 7.46. The largest absolute Gasteiger partial charge is 0.489 e. The summed E-state index contributed by atoms with van der Waals surface area (Å²) in [6.07, 6.45) is 1.57. The summed E-state index contributed by atoms with van der Waals surface area (Å²) in [6, 6.07) is 20.1. The van der Waals surface area contributed by atoms with Crippen molar-refractivity contribution < 1.29 is 9.53 Å². The lowest BCUT2D eigenvalue weighted by molar-refractivity contribution is -0.118. The molecular formula is C25H18Cl3N3O2S2. The van der Waals surface area contributed by atoms with Crippen molar-refractivity contribution in [1.29, 1.82) is 0 Å². The van der Waals surface area contributed by atoms with Gasteiger partial charge in [0, 0.05) is 31.6 Å². The van der Waals surface area contributed by atoms with Crippen LogP contribution in [0.1, 0.15) is 11.1 Å². The lowest BCUT2D eigenvalue weighted by atomic mass is 10.2. The molecule has 0 atom stereocenters. The molecule has 0 aliphatic carbocycles. The van der Waals surface area contributed by atoms with Gasteiger partial charge in [0.15, 0.2) is 4.34 Å². The molecule has 1 aromatic heterocycles. The molecule has 1 amide bonds. The van der Waals surface area contributed by atoms with Crippen LogP contribution < -0.4 is 10.2 Å². The number of halogens is 3. The molecule has 0 spiro atoms. The molecule has 4 rings (SSSR count). The number of aromatic nitrogens is 1. The fourth-order valence-electron chi connectivity index (χ4n) is 2.89. The standard InChI is InChI=1S/C25H18Cl3N3O2S2/c26-18-8-6-17(7-9-18)23-14-34-25(30-23)35-15-24(32)31-29-12-16-4-10-19(11-5-16)33-13-20-21(27)2-1-3-22(20)28/h1-12,14H,13,15H2,(H,31,32)/b29-12+. The van der Waals surface area contributed by atoms with Gasteiger partial charge in [-0.25, -0.2) is 10.4 Å². The molecule has 0 unspecified atom stereocenters. The molecule has 3 aromatic carbocycles. The first kappa shape index (κ1) is 25.5. The summed E-state index contributed by atoms with van der Waals surface area (Å²) in [5.74, 6) is 0.661. The maximum Gasteiger partial charge on any atom is 0.250 e. The van der Waals surface area contributed by atoms with Gasteiger partial charge in [-0.15, -0.1) is 11.3 Å². The zero-order chi connectivity index (χ0) is 24.6. The van der Waals surface area contributed by atoms with E-state index in [1.807, 2.05) is 53.9 Å². The number of rotatable bonds is 9. The van der Waals surface area contributed by atoms with Crippen molar-refractivity contribution in [2.75, 3.05) is 5.75 Å². The zero-order valence-corrected chi connectivity index (χ0v) is 22.0. The van der Waals surface area contributed by atoms with Crippen LogP contribution in [0.3, 0.4) is 0 Å². The van der Waals surface area contributed by atoms with E-state index >= 15 is 0 Å². The average molecular weight is 563 g/mol. The molecule has 5 nitrogen and oxygen atoms in total. The van der Waals surface area contributed by atoms with Crippen molar-refractivity contribution in [2.24, 2.45) is 5.10 Å². The van der Waals surface area contributed by atoms with Gasteiger partial charge in [0.05, 0.1) is 17.7 Å². The van der Waals surface area contributed by atoms with E-state index in [1.165, 1.54) is 23.1 Å². The van der Waals surface area contributed by atoms with Gasteiger partial charge in [-0.3, -0.25) is 4.79 Å². The van der Waals surface area contributed by atoms with Crippen LogP contribution in [0.2, 0.25) is 15.1 Å². The summed E-state index contributed by atoms with van der Waals surface area (Å²) >= 11 is 21.1. The molecule has 0 saturated carbocycles. The predicted octanol–water partition coefficient (Wildman–Crippen LogP) is 7.59. The Morgan fingerprint density at radius 1 is 1.03 bits per heavy atom. The van der Waals surface area contributed by atoms with Crippen molar-refractivity contribution in [3.05, 3.63) is 98.3 Å². The number of hydrogen-bond acceptors (Lipinski definition) is 6. The third-order valence-electron chi connectivity index (χ3n) is 4.68. The molecule has 4 aromatic rings.